The maximum atomic E-state index is 13.9. The fourth-order valence-corrected chi connectivity index (χ4v) is 5.47. The molecule has 0 aliphatic carbocycles. The standard InChI is InChI=1S/C30H36FN3O5S/c1-5-6-18-32-30(36)23(3)33(20-24-8-7-9-27(19-24)39-4)29(35)21-34(26-14-10-22(2)11-15-26)40(37,38)28-16-12-25(31)13-17-28/h7-17,19,23H,5-6,18,20-21H2,1-4H3,(H,32,36)/t23-/m1/s1. The van der Waals surface area contributed by atoms with E-state index in [2.05, 4.69) is 5.32 Å². The van der Waals surface area contributed by atoms with Crippen LogP contribution in [0.1, 0.15) is 37.8 Å². The summed E-state index contributed by atoms with van der Waals surface area (Å²) in [7, 11) is -2.73. The molecule has 1 N–H and O–H groups in total. The number of sulfonamides is 1. The second-order valence-corrected chi connectivity index (χ2v) is 11.4. The molecule has 0 spiro atoms. The molecule has 0 aliphatic rings. The molecular formula is C30H36FN3O5S. The number of rotatable bonds is 13. The number of amides is 2. The maximum absolute atomic E-state index is 13.9. The van der Waals surface area contributed by atoms with E-state index in [9.17, 15) is 22.4 Å². The van der Waals surface area contributed by atoms with Crippen molar-refractivity contribution in [3.8, 4) is 5.75 Å². The minimum absolute atomic E-state index is 0.0523. The van der Waals surface area contributed by atoms with E-state index >= 15 is 0 Å². The van der Waals surface area contributed by atoms with Crippen LogP contribution in [0.5, 0.6) is 5.75 Å². The first-order valence-electron chi connectivity index (χ1n) is 13.1. The van der Waals surface area contributed by atoms with Crippen LogP contribution in [0.2, 0.25) is 0 Å². The first-order valence-corrected chi connectivity index (χ1v) is 14.6. The number of hydrogen-bond donors (Lipinski definition) is 1. The van der Waals surface area contributed by atoms with Gasteiger partial charge in [0.2, 0.25) is 11.8 Å². The number of methoxy groups -OCH3 is 1. The van der Waals surface area contributed by atoms with Crippen molar-refractivity contribution in [1.82, 2.24) is 10.2 Å². The molecule has 0 aliphatic heterocycles. The summed E-state index contributed by atoms with van der Waals surface area (Å²) >= 11 is 0. The molecule has 0 saturated carbocycles. The van der Waals surface area contributed by atoms with E-state index in [0.717, 1.165) is 47.0 Å². The third-order valence-electron chi connectivity index (χ3n) is 6.49. The topological polar surface area (TPSA) is 96.0 Å². The number of benzene rings is 3. The number of ether oxygens (including phenoxy) is 1. The van der Waals surface area contributed by atoms with Gasteiger partial charge in [0.1, 0.15) is 24.2 Å². The number of anilines is 1. The van der Waals surface area contributed by atoms with Crippen LogP contribution in [-0.4, -0.2) is 51.4 Å². The molecule has 3 rings (SSSR count). The highest BCUT2D eigenvalue weighted by Gasteiger charge is 2.32. The van der Waals surface area contributed by atoms with Gasteiger partial charge in [-0.3, -0.25) is 13.9 Å². The molecule has 0 unspecified atom stereocenters. The van der Waals surface area contributed by atoms with Crippen molar-refractivity contribution >= 4 is 27.5 Å². The van der Waals surface area contributed by atoms with E-state index in [0.29, 0.717) is 17.9 Å². The number of hydrogen-bond acceptors (Lipinski definition) is 5. The molecule has 0 aromatic heterocycles. The second-order valence-electron chi connectivity index (χ2n) is 9.49. The predicted octanol–water partition coefficient (Wildman–Crippen LogP) is 4.67. The summed E-state index contributed by atoms with van der Waals surface area (Å²) in [5, 5.41) is 2.85. The number of nitrogens with zero attached hydrogens (tertiary/aromatic N) is 2. The monoisotopic (exact) mass is 569 g/mol. The number of halogens is 1. The van der Waals surface area contributed by atoms with Crippen LogP contribution in [0.3, 0.4) is 0 Å². The number of carbonyl (C=O) groups excluding carboxylic acids is 2. The predicted molar refractivity (Wildman–Crippen MR) is 153 cm³/mol. The summed E-state index contributed by atoms with van der Waals surface area (Å²) in [5.74, 6) is -0.908. The quantitative estimate of drug-likeness (QED) is 0.302. The van der Waals surface area contributed by atoms with E-state index < -0.39 is 34.3 Å². The molecule has 1 atom stereocenters. The lowest BCUT2D eigenvalue weighted by atomic mass is 10.1. The van der Waals surface area contributed by atoms with E-state index in [1.54, 1.807) is 55.5 Å². The molecule has 0 fully saturated rings. The van der Waals surface area contributed by atoms with Gasteiger partial charge in [-0.25, -0.2) is 12.8 Å². The highest BCUT2D eigenvalue weighted by molar-refractivity contribution is 7.92. The Kier molecular flexibility index (Phi) is 10.7. The molecule has 0 heterocycles. The van der Waals surface area contributed by atoms with Crippen molar-refractivity contribution in [3.63, 3.8) is 0 Å². The van der Waals surface area contributed by atoms with Gasteiger partial charge in [-0.2, -0.15) is 0 Å². The van der Waals surface area contributed by atoms with Gasteiger partial charge < -0.3 is 15.0 Å². The van der Waals surface area contributed by atoms with Gasteiger partial charge in [-0.05, 0) is 74.4 Å². The lowest BCUT2D eigenvalue weighted by molar-refractivity contribution is -0.139. The third-order valence-corrected chi connectivity index (χ3v) is 8.27. The Morgan fingerprint density at radius 3 is 2.33 bits per heavy atom. The van der Waals surface area contributed by atoms with Crippen LogP contribution in [-0.2, 0) is 26.2 Å². The zero-order chi connectivity index (χ0) is 29.3. The van der Waals surface area contributed by atoms with Gasteiger partial charge in [0, 0.05) is 13.1 Å². The summed E-state index contributed by atoms with van der Waals surface area (Å²) in [4.78, 5) is 28.1. The average molecular weight is 570 g/mol. The van der Waals surface area contributed by atoms with Gasteiger partial charge in [0.15, 0.2) is 0 Å². The zero-order valence-electron chi connectivity index (χ0n) is 23.3. The Morgan fingerprint density at radius 2 is 1.70 bits per heavy atom. The smallest absolute Gasteiger partial charge is 0.264 e. The summed E-state index contributed by atoms with van der Waals surface area (Å²) in [6.07, 6.45) is 1.69. The first-order chi connectivity index (χ1) is 19.1. The van der Waals surface area contributed by atoms with Crippen molar-refractivity contribution in [2.75, 3.05) is 24.5 Å². The Bertz CT molecular complexity index is 1400. The van der Waals surface area contributed by atoms with Gasteiger partial charge in [-0.15, -0.1) is 0 Å². The van der Waals surface area contributed by atoms with Crippen molar-refractivity contribution in [2.45, 2.75) is 51.1 Å². The minimum atomic E-state index is -4.26. The third kappa shape index (κ3) is 7.81. The van der Waals surface area contributed by atoms with Crippen molar-refractivity contribution in [1.29, 1.82) is 0 Å². The number of unbranched alkanes of at least 4 members (excludes halogenated alkanes) is 1. The Hall–Kier alpha value is -3.92. The number of nitrogens with one attached hydrogen (secondary N) is 1. The number of aryl methyl sites for hydroxylation is 1. The van der Waals surface area contributed by atoms with Crippen LogP contribution >= 0.6 is 0 Å². The Morgan fingerprint density at radius 1 is 1.02 bits per heavy atom. The van der Waals surface area contributed by atoms with E-state index in [4.69, 9.17) is 4.74 Å². The van der Waals surface area contributed by atoms with Crippen molar-refractivity contribution in [3.05, 3.63) is 89.7 Å². The van der Waals surface area contributed by atoms with E-state index in [1.807, 2.05) is 13.8 Å². The minimum Gasteiger partial charge on any atom is -0.497 e. The summed E-state index contributed by atoms with van der Waals surface area (Å²) in [6, 6.07) is 17.4. The van der Waals surface area contributed by atoms with Gasteiger partial charge in [0.25, 0.3) is 10.0 Å². The molecule has 214 valence electrons. The number of carbonyl (C=O) groups is 2. The molecule has 3 aromatic rings. The van der Waals surface area contributed by atoms with Crippen molar-refractivity contribution < 1.29 is 27.1 Å². The highest BCUT2D eigenvalue weighted by Crippen LogP contribution is 2.25. The van der Waals surface area contributed by atoms with Crippen molar-refractivity contribution in [2.24, 2.45) is 0 Å². The van der Waals surface area contributed by atoms with Gasteiger partial charge in [-0.1, -0.05) is 43.2 Å². The molecule has 0 radical (unpaired) electrons. The lowest BCUT2D eigenvalue weighted by Gasteiger charge is -2.32. The van der Waals surface area contributed by atoms with E-state index in [-0.39, 0.29) is 23.0 Å². The average Bonchev–Trinajstić information content (AvgIpc) is 2.95. The lowest BCUT2D eigenvalue weighted by Crippen LogP contribution is -2.51. The molecule has 0 bridgehead atoms. The highest BCUT2D eigenvalue weighted by atomic mass is 32.2. The van der Waals surface area contributed by atoms with Gasteiger partial charge >= 0.3 is 0 Å². The molecule has 2 amide bonds. The Balaban J connectivity index is 2.00. The van der Waals surface area contributed by atoms with Crippen LogP contribution in [0, 0.1) is 12.7 Å². The second kappa shape index (κ2) is 13.9. The SMILES string of the molecule is CCCCNC(=O)[C@@H](C)N(Cc1cccc(OC)c1)C(=O)CN(c1ccc(C)cc1)S(=O)(=O)c1ccc(F)cc1. The van der Waals surface area contributed by atoms with Crippen LogP contribution < -0.4 is 14.4 Å². The summed E-state index contributed by atoms with van der Waals surface area (Å²) in [5.41, 5.74) is 1.89. The van der Waals surface area contributed by atoms with Gasteiger partial charge in [0.05, 0.1) is 17.7 Å². The van der Waals surface area contributed by atoms with E-state index in [1.165, 1.54) is 12.0 Å². The first kappa shape index (κ1) is 30.6. The molecular weight excluding hydrogens is 533 g/mol. The summed E-state index contributed by atoms with van der Waals surface area (Å²) in [6.45, 7) is 5.44. The van der Waals surface area contributed by atoms with Crippen LogP contribution in [0.15, 0.2) is 77.7 Å². The van der Waals surface area contributed by atoms with Crippen LogP contribution in [0.25, 0.3) is 0 Å². The normalized spacial score (nSPS) is 11.9. The molecule has 40 heavy (non-hydrogen) atoms. The Labute approximate surface area is 235 Å². The molecule has 8 nitrogen and oxygen atoms in total. The summed E-state index contributed by atoms with van der Waals surface area (Å²) < 4.78 is 47.4. The largest absolute Gasteiger partial charge is 0.497 e. The molecule has 3 aromatic carbocycles. The fraction of sp³-hybridized carbons (Fsp3) is 0.333. The maximum Gasteiger partial charge on any atom is 0.264 e. The molecule has 10 heteroatoms. The fourth-order valence-electron chi connectivity index (χ4n) is 4.06. The molecule has 0 saturated heterocycles. The van der Waals surface area contributed by atoms with Crippen LogP contribution in [0.4, 0.5) is 10.1 Å². The zero-order valence-corrected chi connectivity index (χ0v) is 24.1.